The smallest absolute Gasteiger partial charge is 0.248 e. The third-order valence-electron chi connectivity index (χ3n) is 3.40. The molecular formula is C13H18F2N2. The molecule has 1 N–H and O–H groups in total. The summed E-state index contributed by atoms with van der Waals surface area (Å²) in [6.45, 7) is 2.69. The summed E-state index contributed by atoms with van der Waals surface area (Å²) in [5.74, 6) is -2.34. The molecule has 0 amide bonds. The molecule has 2 rings (SSSR count). The van der Waals surface area contributed by atoms with Gasteiger partial charge in [0.1, 0.15) is 0 Å². The minimum Gasteiger partial charge on any atom is -0.310 e. The van der Waals surface area contributed by atoms with Crippen molar-refractivity contribution in [3.63, 3.8) is 0 Å². The fourth-order valence-corrected chi connectivity index (χ4v) is 2.31. The van der Waals surface area contributed by atoms with Crippen LogP contribution in [0.25, 0.3) is 0 Å². The number of hydrogen-bond donors (Lipinski definition) is 1. The van der Waals surface area contributed by atoms with E-state index < -0.39 is 5.92 Å². The first kappa shape index (κ1) is 12.4. The van der Waals surface area contributed by atoms with Crippen LogP contribution >= 0.6 is 0 Å². The molecule has 0 aromatic carbocycles. The first-order chi connectivity index (χ1) is 8.07. The predicted octanol–water partition coefficient (Wildman–Crippen LogP) is 3.17. The van der Waals surface area contributed by atoms with Gasteiger partial charge in [0.15, 0.2) is 0 Å². The quantitative estimate of drug-likeness (QED) is 0.874. The van der Waals surface area contributed by atoms with E-state index in [1.54, 1.807) is 12.4 Å². The lowest BCUT2D eigenvalue weighted by atomic mass is 10.1. The lowest BCUT2D eigenvalue weighted by Crippen LogP contribution is -2.25. The standard InChI is InChI=1S/C13H18F2N2/c1-10(12-3-2-6-16-9-12)17-8-11-4-5-13(14,15)7-11/h2-3,6,9-11,17H,4-5,7-8H2,1H3/t10-,11?/m0/s1. The highest BCUT2D eigenvalue weighted by Gasteiger charge is 2.39. The Morgan fingerprint density at radius 2 is 2.41 bits per heavy atom. The second-order valence-corrected chi connectivity index (χ2v) is 4.88. The third-order valence-corrected chi connectivity index (χ3v) is 3.40. The summed E-state index contributed by atoms with van der Waals surface area (Å²) < 4.78 is 26.0. The van der Waals surface area contributed by atoms with Crippen LogP contribution in [0, 0.1) is 5.92 Å². The highest BCUT2D eigenvalue weighted by atomic mass is 19.3. The maximum absolute atomic E-state index is 13.0. The van der Waals surface area contributed by atoms with Crippen molar-refractivity contribution in [3.05, 3.63) is 30.1 Å². The number of rotatable bonds is 4. The topological polar surface area (TPSA) is 24.9 Å². The van der Waals surface area contributed by atoms with E-state index in [-0.39, 0.29) is 24.8 Å². The Morgan fingerprint density at radius 1 is 1.59 bits per heavy atom. The Hall–Kier alpha value is -1.03. The van der Waals surface area contributed by atoms with Crippen LogP contribution < -0.4 is 5.32 Å². The van der Waals surface area contributed by atoms with Crippen LogP contribution in [0.1, 0.15) is 37.8 Å². The van der Waals surface area contributed by atoms with Crippen LogP contribution in [-0.2, 0) is 0 Å². The van der Waals surface area contributed by atoms with Crippen LogP contribution in [0.15, 0.2) is 24.5 Å². The molecule has 1 aliphatic rings. The van der Waals surface area contributed by atoms with Crippen LogP contribution in [0.5, 0.6) is 0 Å². The van der Waals surface area contributed by atoms with Crippen molar-refractivity contribution in [3.8, 4) is 0 Å². The molecule has 4 heteroatoms. The van der Waals surface area contributed by atoms with Crippen molar-refractivity contribution >= 4 is 0 Å². The number of aromatic nitrogens is 1. The zero-order valence-electron chi connectivity index (χ0n) is 10.00. The molecule has 1 heterocycles. The van der Waals surface area contributed by atoms with Crippen LogP contribution in [0.3, 0.4) is 0 Å². The van der Waals surface area contributed by atoms with E-state index >= 15 is 0 Å². The summed E-state index contributed by atoms with van der Waals surface area (Å²) in [5.41, 5.74) is 1.09. The summed E-state index contributed by atoms with van der Waals surface area (Å²) in [5, 5.41) is 3.31. The van der Waals surface area contributed by atoms with Gasteiger partial charge in [-0.1, -0.05) is 6.07 Å². The predicted molar refractivity (Wildman–Crippen MR) is 62.9 cm³/mol. The molecule has 1 aromatic heterocycles. The van der Waals surface area contributed by atoms with E-state index in [1.807, 2.05) is 19.1 Å². The average molecular weight is 240 g/mol. The molecule has 0 aliphatic heterocycles. The SMILES string of the molecule is C[C@H](NCC1CCC(F)(F)C1)c1cccnc1. The van der Waals surface area contributed by atoms with Gasteiger partial charge >= 0.3 is 0 Å². The molecule has 0 bridgehead atoms. The van der Waals surface area contributed by atoms with Gasteiger partial charge in [0.2, 0.25) is 5.92 Å². The molecule has 0 saturated heterocycles. The fraction of sp³-hybridized carbons (Fsp3) is 0.615. The second-order valence-electron chi connectivity index (χ2n) is 4.88. The van der Waals surface area contributed by atoms with Gasteiger partial charge in [0.05, 0.1) is 0 Å². The summed E-state index contributed by atoms with van der Waals surface area (Å²) in [6, 6.07) is 4.04. The van der Waals surface area contributed by atoms with E-state index in [2.05, 4.69) is 10.3 Å². The number of halogens is 2. The number of nitrogens with one attached hydrogen (secondary N) is 1. The van der Waals surface area contributed by atoms with Gasteiger partial charge in [-0.3, -0.25) is 4.98 Å². The van der Waals surface area contributed by atoms with Gasteiger partial charge in [-0.25, -0.2) is 8.78 Å². The van der Waals surface area contributed by atoms with Crippen molar-refractivity contribution in [1.82, 2.24) is 10.3 Å². The van der Waals surface area contributed by atoms with Gasteiger partial charge in [0.25, 0.3) is 0 Å². The summed E-state index contributed by atoms with van der Waals surface area (Å²) in [7, 11) is 0. The molecule has 1 unspecified atom stereocenters. The second kappa shape index (κ2) is 5.08. The summed E-state index contributed by atoms with van der Waals surface area (Å²) in [6.07, 6.45) is 4.23. The average Bonchev–Trinajstić information content (AvgIpc) is 2.67. The molecule has 1 aliphatic carbocycles. The van der Waals surface area contributed by atoms with Gasteiger partial charge in [-0.2, -0.15) is 0 Å². The largest absolute Gasteiger partial charge is 0.310 e. The zero-order chi connectivity index (χ0) is 12.3. The molecule has 17 heavy (non-hydrogen) atoms. The van der Waals surface area contributed by atoms with E-state index in [9.17, 15) is 8.78 Å². The maximum Gasteiger partial charge on any atom is 0.248 e. The lowest BCUT2D eigenvalue weighted by Gasteiger charge is -2.17. The van der Waals surface area contributed by atoms with E-state index in [0.29, 0.717) is 13.0 Å². The Kier molecular flexibility index (Phi) is 3.72. The minimum atomic E-state index is -2.44. The molecule has 2 nitrogen and oxygen atoms in total. The molecule has 1 aromatic rings. The Balaban J connectivity index is 1.79. The maximum atomic E-state index is 13.0. The third kappa shape index (κ3) is 3.46. The van der Waals surface area contributed by atoms with E-state index in [4.69, 9.17) is 0 Å². The van der Waals surface area contributed by atoms with Gasteiger partial charge in [-0.15, -0.1) is 0 Å². The fourth-order valence-electron chi connectivity index (χ4n) is 2.31. The van der Waals surface area contributed by atoms with Crippen molar-refractivity contribution < 1.29 is 8.78 Å². The zero-order valence-corrected chi connectivity index (χ0v) is 10.00. The Morgan fingerprint density at radius 3 is 3.00 bits per heavy atom. The lowest BCUT2D eigenvalue weighted by molar-refractivity contribution is 0.00500. The number of hydrogen-bond acceptors (Lipinski definition) is 2. The summed E-state index contributed by atoms with van der Waals surface area (Å²) >= 11 is 0. The number of nitrogens with zero attached hydrogens (tertiary/aromatic N) is 1. The molecule has 0 radical (unpaired) electrons. The molecular weight excluding hydrogens is 222 g/mol. The van der Waals surface area contributed by atoms with Crippen LogP contribution in [-0.4, -0.2) is 17.5 Å². The molecule has 1 fully saturated rings. The van der Waals surface area contributed by atoms with Gasteiger partial charge < -0.3 is 5.32 Å². The summed E-state index contributed by atoms with van der Waals surface area (Å²) in [4.78, 5) is 4.05. The Bertz CT molecular complexity index is 354. The number of alkyl halides is 2. The first-order valence-electron chi connectivity index (χ1n) is 6.08. The van der Waals surface area contributed by atoms with Gasteiger partial charge in [0, 0.05) is 31.3 Å². The van der Waals surface area contributed by atoms with Crippen LogP contribution in [0.4, 0.5) is 8.78 Å². The molecule has 2 atom stereocenters. The Labute approximate surface area is 100 Å². The van der Waals surface area contributed by atoms with E-state index in [1.165, 1.54) is 0 Å². The normalized spacial score (nSPS) is 24.8. The van der Waals surface area contributed by atoms with Gasteiger partial charge in [-0.05, 0) is 37.4 Å². The van der Waals surface area contributed by atoms with Crippen molar-refractivity contribution in [2.75, 3.05) is 6.54 Å². The molecule has 94 valence electrons. The molecule has 1 saturated carbocycles. The number of pyridine rings is 1. The minimum absolute atomic E-state index is 0.0275. The van der Waals surface area contributed by atoms with Crippen molar-refractivity contribution in [1.29, 1.82) is 0 Å². The van der Waals surface area contributed by atoms with E-state index in [0.717, 1.165) is 5.56 Å². The van der Waals surface area contributed by atoms with Crippen molar-refractivity contribution in [2.24, 2.45) is 5.92 Å². The molecule has 0 spiro atoms. The van der Waals surface area contributed by atoms with Crippen molar-refractivity contribution in [2.45, 2.75) is 38.2 Å². The first-order valence-corrected chi connectivity index (χ1v) is 6.08. The highest BCUT2D eigenvalue weighted by molar-refractivity contribution is 5.12. The highest BCUT2D eigenvalue weighted by Crippen LogP contribution is 2.38. The van der Waals surface area contributed by atoms with Crippen LogP contribution in [0.2, 0.25) is 0 Å². The monoisotopic (exact) mass is 240 g/mol.